The highest BCUT2D eigenvalue weighted by Gasteiger charge is 2.21. The van der Waals surface area contributed by atoms with Crippen molar-refractivity contribution >= 4 is 5.91 Å². The lowest BCUT2D eigenvalue weighted by Gasteiger charge is -2.03. The molecule has 1 N–H and O–H groups in total. The molecule has 0 bridgehead atoms. The summed E-state index contributed by atoms with van der Waals surface area (Å²) in [4.78, 5) is 11.4. The molecule has 0 unspecified atom stereocenters. The van der Waals surface area contributed by atoms with Crippen LogP contribution in [0.5, 0.6) is 0 Å². The number of carbonyl (C=O) groups is 1. The van der Waals surface area contributed by atoms with E-state index in [-0.39, 0.29) is 5.91 Å². The van der Waals surface area contributed by atoms with Crippen molar-refractivity contribution in [1.82, 2.24) is 5.32 Å². The van der Waals surface area contributed by atoms with E-state index in [1.807, 2.05) is 30.3 Å². The second-order valence-electron chi connectivity index (χ2n) is 3.91. The third-order valence-electron chi connectivity index (χ3n) is 2.49. The summed E-state index contributed by atoms with van der Waals surface area (Å²) in [6, 6.07) is 9.85. The normalized spacial score (nSPS) is 15.1. The Hall–Kier alpha value is -1.31. The van der Waals surface area contributed by atoms with E-state index < -0.39 is 0 Å². The van der Waals surface area contributed by atoms with Gasteiger partial charge in [0.1, 0.15) is 0 Å². The van der Waals surface area contributed by atoms with Gasteiger partial charge in [-0.3, -0.25) is 4.79 Å². The molecule has 0 atom stereocenters. The van der Waals surface area contributed by atoms with Crippen LogP contribution in [0, 0.1) is 5.92 Å². The van der Waals surface area contributed by atoms with Gasteiger partial charge in [-0.2, -0.15) is 0 Å². The van der Waals surface area contributed by atoms with Crippen LogP contribution in [-0.2, 0) is 11.2 Å². The zero-order valence-electron chi connectivity index (χ0n) is 8.20. The van der Waals surface area contributed by atoms with Gasteiger partial charge in [-0.15, -0.1) is 0 Å². The Morgan fingerprint density at radius 2 is 2.00 bits per heavy atom. The number of rotatable bonds is 4. The molecule has 0 saturated heterocycles. The van der Waals surface area contributed by atoms with Crippen LogP contribution in [0.4, 0.5) is 0 Å². The standard InChI is InChI=1S/C12H15NO/c14-12(13-9-11-6-7-11)8-10-4-2-1-3-5-10/h1-5,11H,6-9H2,(H,13,14). The molecule has 1 aliphatic rings. The molecule has 1 saturated carbocycles. The first-order valence-corrected chi connectivity index (χ1v) is 5.15. The fraction of sp³-hybridized carbons (Fsp3) is 0.417. The maximum absolute atomic E-state index is 11.4. The number of nitrogens with one attached hydrogen (secondary N) is 1. The number of carbonyl (C=O) groups excluding carboxylic acids is 1. The number of hydrogen-bond donors (Lipinski definition) is 1. The van der Waals surface area contributed by atoms with E-state index in [0.717, 1.165) is 18.0 Å². The quantitative estimate of drug-likeness (QED) is 0.768. The monoisotopic (exact) mass is 189 g/mol. The molecule has 2 rings (SSSR count). The van der Waals surface area contributed by atoms with Crippen molar-refractivity contribution in [2.24, 2.45) is 5.92 Å². The van der Waals surface area contributed by atoms with E-state index in [4.69, 9.17) is 0 Å². The van der Waals surface area contributed by atoms with Crippen LogP contribution in [0.2, 0.25) is 0 Å². The van der Waals surface area contributed by atoms with Gasteiger partial charge in [-0.05, 0) is 24.3 Å². The summed E-state index contributed by atoms with van der Waals surface area (Å²) in [6.45, 7) is 0.867. The maximum atomic E-state index is 11.4. The number of hydrogen-bond acceptors (Lipinski definition) is 1. The van der Waals surface area contributed by atoms with Crippen LogP contribution in [0.25, 0.3) is 0 Å². The van der Waals surface area contributed by atoms with Gasteiger partial charge in [0, 0.05) is 6.54 Å². The summed E-state index contributed by atoms with van der Waals surface area (Å²) in [7, 11) is 0. The van der Waals surface area contributed by atoms with Crippen LogP contribution in [0.1, 0.15) is 18.4 Å². The van der Waals surface area contributed by atoms with E-state index in [1.54, 1.807) is 0 Å². The van der Waals surface area contributed by atoms with Crippen LogP contribution in [0.3, 0.4) is 0 Å². The second-order valence-corrected chi connectivity index (χ2v) is 3.91. The molecule has 0 aliphatic heterocycles. The molecule has 74 valence electrons. The first-order valence-electron chi connectivity index (χ1n) is 5.15. The fourth-order valence-electron chi connectivity index (χ4n) is 1.42. The van der Waals surface area contributed by atoms with Crippen LogP contribution < -0.4 is 5.32 Å². The van der Waals surface area contributed by atoms with Gasteiger partial charge in [-0.25, -0.2) is 0 Å². The zero-order chi connectivity index (χ0) is 9.80. The lowest BCUT2D eigenvalue weighted by atomic mass is 10.1. The third-order valence-corrected chi connectivity index (χ3v) is 2.49. The van der Waals surface area contributed by atoms with Gasteiger partial charge in [0.05, 0.1) is 6.42 Å². The topological polar surface area (TPSA) is 29.1 Å². The van der Waals surface area contributed by atoms with Crippen LogP contribution >= 0.6 is 0 Å². The first kappa shape index (κ1) is 9.25. The molecule has 14 heavy (non-hydrogen) atoms. The Kier molecular flexibility index (Phi) is 2.82. The predicted octanol–water partition coefficient (Wildman–Crippen LogP) is 1.76. The maximum Gasteiger partial charge on any atom is 0.224 e. The molecular formula is C12H15NO. The average Bonchev–Trinajstić information content (AvgIpc) is 3.00. The van der Waals surface area contributed by atoms with Gasteiger partial charge in [0.25, 0.3) is 0 Å². The lowest BCUT2D eigenvalue weighted by Crippen LogP contribution is -2.26. The van der Waals surface area contributed by atoms with Crippen molar-refractivity contribution in [3.8, 4) is 0 Å². The molecule has 0 heterocycles. The summed E-state index contributed by atoms with van der Waals surface area (Å²) in [6.07, 6.45) is 3.07. The Morgan fingerprint density at radius 3 is 2.64 bits per heavy atom. The molecule has 0 spiro atoms. The van der Waals surface area contributed by atoms with Gasteiger partial charge >= 0.3 is 0 Å². The largest absolute Gasteiger partial charge is 0.356 e. The van der Waals surface area contributed by atoms with Gasteiger partial charge in [-0.1, -0.05) is 30.3 Å². The Labute approximate surface area is 84.3 Å². The van der Waals surface area contributed by atoms with E-state index in [0.29, 0.717) is 6.42 Å². The number of amides is 1. The summed E-state index contributed by atoms with van der Waals surface area (Å²) in [5.41, 5.74) is 1.08. The summed E-state index contributed by atoms with van der Waals surface area (Å²) < 4.78 is 0. The molecule has 1 aromatic carbocycles. The van der Waals surface area contributed by atoms with E-state index in [2.05, 4.69) is 5.32 Å². The molecule has 0 radical (unpaired) electrons. The Balaban J connectivity index is 1.76. The van der Waals surface area contributed by atoms with Crippen molar-refractivity contribution in [2.45, 2.75) is 19.3 Å². The van der Waals surface area contributed by atoms with Crippen molar-refractivity contribution in [3.63, 3.8) is 0 Å². The molecular weight excluding hydrogens is 174 g/mol. The van der Waals surface area contributed by atoms with E-state index >= 15 is 0 Å². The van der Waals surface area contributed by atoms with Crippen molar-refractivity contribution in [1.29, 1.82) is 0 Å². The number of benzene rings is 1. The highest BCUT2D eigenvalue weighted by atomic mass is 16.1. The highest BCUT2D eigenvalue weighted by molar-refractivity contribution is 5.78. The molecule has 1 fully saturated rings. The molecule has 2 nitrogen and oxygen atoms in total. The van der Waals surface area contributed by atoms with Gasteiger partial charge in [0.15, 0.2) is 0 Å². The minimum atomic E-state index is 0.142. The van der Waals surface area contributed by atoms with Crippen molar-refractivity contribution in [2.75, 3.05) is 6.54 Å². The van der Waals surface area contributed by atoms with E-state index in [9.17, 15) is 4.79 Å². The summed E-state index contributed by atoms with van der Waals surface area (Å²) in [5, 5.41) is 2.95. The van der Waals surface area contributed by atoms with Crippen LogP contribution in [-0.4, -0.2) is 12.5 Å². The Morgan fingerprint density at radius 1 is 1.29 bits per heavy atom. The smallest absolute Gasteiger partial charge is 0.224 e. The van der Waals surface area contributed by atoms with Gasteiger partial charge in [0.2, 0.25) is 5.91 Å². The molecule has 1 aromatic rings. The molecule has 1 amide bonds. The minimum Gasteiger partial charge on any atom is -0.356 e. The zero-order valence-corrected chi connectivity index (χ0v) is 8.20. The predicted molar refractivity (Wildman–Crippen MR) is 55.9 cm³/mol. The first-order chi connectivity index (χ1) is 6.84. The summed E-state index contributed by atoms with van der Waals surface area (Å²) in [5.74, 6) is 0.901. The Bertz CT molecular complexity index is 303. The lowest BCUT2D eigenvalue weighted by molar-refractivity contribution is -0.120. The van der Waals surface area contributed by atoms with Crippen molar-refractivity contribution in [3.05, 3.63) is 35.9 Å². The third kappa shape index (κ3) is 2.87. The molecule has 2 heteroatoms. The van der Waals surface area contributed by atoms with E-state index in [1.165, 1.54) is 12.8 Å². The highest BCUT2D eigenvalue weighted by Crippen LogP contribution is 2.27. The van der Waals surface area contributed by atoms with Crippen molar-refractivity contribution < 1.29 is 4.79 Å². The van der Waals surface area contributed by atoms with Gasteiger partial charge < -0.3 is 5.32 Å². The summed E-state index contributed by atoms with van der Waals surface area (Å²) >= 11 is 0. The minimum absolute atomic E-state index is 0.142. The molecule has 0 aromatic heterocycles. The fourth-order valence-corrected chi connectivity index (χ4v) is 1.42. The molecule has 1 aliphatic carbocycles. The SMILES string of the molecule is O=C(Cc1ccccc1)NCC1CC1. The second kappa shape index (κ2) is 4.27. The van der Waals surface area contributed by atoms with Crippen LogP contribution in [0.15, 0.2) is 30.3 Å². The average molecular weight is 189 g/mol.